The Morgan fingerprint density at radius 1 is 1.22 bits per heavy atom. The molecule has 2 aliphatic heterocycles. The zero-order chi connectivity index (χ0) is 12.8. The number of hydrogen-bond donors (Lipinski definition) is 1. The van der Waals surface area contributed by atoms with Gasteiger partial charge in [0, 0.05) is 37.7 Å². The number of piperazine rings is 1. The average molecular weight is 247 g/mol. The maximum Gasteiger partial charge on any atom is 0.0554 e. The van der Waals surface area contributed by atoms with Crippen LogP contribution in [0.2, 0.25) is 0 Å². The number of pyridine rings is 1. The molecule has 100 valence electrons. The van der Waals surface area contributed by atoms with Crippen LogP contribution in [0.1, 0.15) is 40.7 Å². The van der Waals surface area contributed by atoms with Gasteiger partial charge in [0.2, 0.25) is 0 Å². The van der Waals surface area contributed by atoms with Gasteiger partial charge in [-0.2, -0.15) is 0 Å². The Hall–Kier alpha value is -1.09. The maximum atomic E-state index is 4.63. The second-order valence-corrected chi connectivity index (χ2v) is 6.69. The SMILES string of the molecule is CC(C)(C)c1ccc(N2CC3CCC(C2)N3)cn1.[HH]. The summed E-state index contributed by atoms with van der Waals surface area (Å²) in [6, 6.07) is 5.79. The lowest BCUT2D eigenvalue weighted by molar-refractivity contribution is 0.465. The van der Waals surface area contributed by atoms with E-state index in [2.05, 4.69) is 48.1 Å². The largest absolute Gasteiger partial charge is 0.367 e. The van der Waals surface area contributed by atoms with Gasteiger partial charge in [0.25, 0.3) is 0 Å². The Morgan fingerprint density at radius 2 is 1.89 bits per heavy atom. The van der Waals surface area contributed by atoms with Crippen molar-refractivity contribution in [1.29, 1.82) is 0 Å². The van der Waals surface area contributed by atoms with Gasteiger partial charge in [-0.15, -0.1) is 0 Å². The monoisotopic (exact) mass is 247 g/mol. The second kappa shape index (κ2) is 4.23. The van der Waals surface area contributed by atoms with Gasteiger partial charge in [-0.1, -0.05) is 20.8 Å². The highest BCUT2D eigenvalue weighted by Gasteiger charge is 2.32. The van der Waals surface area contributed by atoms with E-state index in [4.69, 9.17) is 0 Å². The fraction of sp³-hybridized carbons (Fsp3) is 0.667. The molecule has 0 spiro atoms. The molecule has 3 rings (SSSR count). The van der Waals surface area contributed by atoms with E-state index in [1.165, 1.54) is 24.2 Å². The van der Waals surface area contributed by atoms with Crippen LogP contribution in [0.15, 0.2) is 18.3 Å². The molecule has 2 fully saturated rings. The van der Waals surface area contributed by atoms with Crippen molar-refractivity contribution in [1.82, 2.24) is 10.3 Å². The number of anilines is 1. The number of fused-ring (bicyclic) bond motifs is 2. The summed E-state index contributed by atoms with van der Waals surface area (Å²) in [7, 11) is 0. The number of hydrogen-bond acceptors (Lipinski definition) is 3. The zero-order valence-corrected chi connectivity index (χ0v) is 11.6. The van der Waals surface area contributed by atoms with Gasteiger partial charge in [0.05, 0.1) is 11.9 Å². The number of nitrogens with one attached hydrogen (secondary N) is 1. The summed E-state index contributed by atoms with van der Waals surface area (Å²) in [6.45, 7) is 8.89. The molecular weight excluding hydrogens is 222 g/mol. The standard InChI is InChI=1S/C15H23N3.H2/c1-15(2,3)14-7-6-13(8-16-14)18-9-11-4-5-12(10-18)17-11;/h6-8,11-12,17H,4-5,9-10H2,1-3H3;1H. The first kappa shape index (κ1) is 12.0. The van der Waals surface area contributed by atoms with Crippen molar-refractivity contribution in [2.45, 2.75) is 51.1 Å². The van der Waals surface area contributed by atoms with Crippen LogP contribution < -0.4 is 10.2 Å². The molecule has 0 amide bonds. The average Bonchev–Trinajstić information content (AvgIpc) is 2.67. The van der Waals surface area contributed by atoms with Gasteiger partial charge in [0.1, 0.15) is 0 Å². The summed E-state index contributed by atoms with van der Waals surface area (Å²) in [6.07, 6.45) is 4.70. The molecule has 3 heteroatoms. The maximum absolute atomic E-state index is 4.63. The van der Waals surface area contributed by atoms with E-state index >= 15 is 0 Å². The molecule has 2 aliphatic rings. The Labute approximate surface area is 111 Å². The Kier molecular flexibility index (Phi) is 2.81. The minimum absolute atomic E-state index is 0. The Balaban J connectivity index is 0.00000133. The fourth-order valence-corrected chi connectivity index (χ4v) is 3.02. The predicted octanol–water partition coefficient (Wildman–Crippen LogP) is 2.57. The molecule has 18 heavy (non-hydrogen) atoms. The Bertz CT molecular complexity index is 412. The van der Waals surface area contributed by atoms with Gasteiger partial charge < -0.3 is 10.2 Å². The van der Waals surface area contributed by atoms with E-state index in [-0.39, 0.29) is 6.84 Å². The van der Waals surface area contributed by atoms with Crippen molar-refractivity contribution >= 4 is 5.69 Å². The van der Waals surface area contributed by atoms with E-state index in [0.717, 1.165) is 13.1 Å². The minimum atomic E-state index is 0. The van der Waals surface area contributed by atoms with Gasteiger partial charge in [-0.3, -0.25) is 4.98 Å². The van der Waals surface area contributed by atoms with E-state index in [1.807, 2.05) is 6.20 Å². The molecule has 1 N–H and O–H groups in total. The van der Waals surface area contributed by atoms with E-state index < -0.39 is 0 Å². The molecule has 2 saturated heterocycles. The van der Waals surface area contributed by atoms with Gasteiger partial charge in [0.15, 0.2) is 0 Å². The zero-order valence-electron chi connectivity index (χ0n) is 11.6. The van der Waals surface area contributed by atoms with E-state index in [0.29, 0.717) is 12.1 Å². The number of aromatic nitrogens is 1. The van der Waals surface area contributed by atoms with Crippen LogP contribution in [0, 0.1) is 0 Å². The molecule has 0 saturated carbocycles. The summed E-state index contributed by atoms with van der Waals surface area (Å²) in [5, 5.41) is 3.66. The number of rotatable bonds is 1. The topological polar surface area (TPSA) is 28.2 Å². The molecule has 0 aliphatic carbocycles. The van der Waals surface area contributed by atoms with Crippen LogP contribution in [0.4, 0.5) is 5.69 Å². The summed E-state index contributed by atoms with van der Waals surface area (Å²) >= 11 is 0. The lowest BCUT2D eigenvalue weighted by Crippen LogP contribution is -2.51. The lowest BCUT2D eigenvalue weighted by Gasteiger charge is -2.34. The van der Waals surface area contributed by atoms with Crippen LogP contribution in [-0.2, 0) is 5.41 Å². The van der Waals surface area contributed by atoms with Gasteiger partial charge >= 0.3 is 0 Å². The van der Waals surface area contributed by atoms with Crippen molar-refractivity contribution in [2.75, 3.05) is 18.0 Å². The van der Waals surface area contributed by atoms with Crippen molar-refractivity contribution in [2.24, 2.45) is 0 Å². The third-order valence-electron chi connectivity index (χ3n) is 4.10. The summed E-state index contributed by atoms with van der Waals surface area (Å²) in [5.41, 5.74) is 2.59. The van der Waals surface area contributed by atoms with E-state index in [1.54, 1.807) is 0 Å². The van der Waals surface area contributed by atoms with Crippen LogP contribution in [0.3, 0.4) is 0 Å². The normalized spacial score (nSPS) is 27.6. The highest BCUT2D eigenvalue weighted by atomic mass is 15.2. The fourth-order valence-electron chi connectivity index (χ4n) is 3.02. The predicted molar refractivity (Wildman–Crippen MR) is 77.2 cm³/mol. The van der Waals surface area contributed by atoms with Crippen LogP contribution in [0.5, 0.6) is 0 Å². The molecule has 0 radical (unpaired) electrons. The molecule has 2 atom stereocenters. The molecule has 3 heterocycles. The first-order chi connectivity index (χ1) is 8.52. The molecule has 2 unspecified atom stereocenters. The molecule has 2 bridgehead atoms. The third-order valence-corrected chi connectivity index (χ3v) is 4.10. The lowest BCUT2D eigenvalue weighted by atomic mass is 9.92. The molecule has 1 aromatic heterocycles. The van der Waals surface area contributed by atoms with Crippen LogP contribution in [-0.4, -0.2) is 30.2 Å². The second-order valence-electron chi connectivity index (χ2n) is 6.69. The first-order valence-corrected chi connectivity index (χ1v) is 7.00. The van der Waals surface area contributed by atoms with E-state index in [9.17, 15) is 0 Å². The quantitative estimate of drug-likeness (QED) is 0.826. The summed E-state index contributed by atoms with van der Waals surface area (Å²) in [4.78, 5) is 7.12. The molecule has 0 aromatic carbocycles. The molecule has 1 aromatic rings. The highest BCUT2D eigenvalue weighted by molar-refractivity contribution is 5.46. The van der Waals surface area contributed by atoms with Gasteiger partial charge in [-0.05, 0) is 25.0 Å². The van der Waals surface area contributed by atoms with Crippen molar-refractivity contribution in [3.8, 4) is 0 Å². The van der Waals surface area contributed by atoms with Crippen molar-refractivity contribution < 1.29 is 1.43 Å². The first-order valence-electron chi connectivity index (χ1n) is 7.00. The van der Waals surface area contributed by atoms with Crippen LogP contribution >= 0.6 is 0 Å². The van der Waals surface area contributed by atoms with Crippen molar-refractivity contribution in [3.63, 3.8) is 0 Å². The van der Waals surface area contributed by atoms with Gasteiger partial charge in [-0.25, -0.2) is 0 Å². The number of nitrogens with zero attached hydrogens (tertiary/aromatic N) is 2. The Morgan fingerprint density at radius 3 is 2.39 bits per heavy atom. The molecular formula is C15H25N3. The molecule has 3 nitrogen and oxygen atoms in total. The third kappa shape index (κ3) is 2.24. The summed E-state index contributed by atoms with van der Waals surface area (Å²) in [5.74, 6) is 0. The smallest absolute Gasteiger partial charge is 0.0554 e. The summed E-state index contributed by atoms with van der Waals surface area (Å²) < 4.78 is 0. The highest BCUT2D eigenvalue weighted by Crippen LogP contribution is 2.26. The van der Waals surface area contributed by atoms with Crippen LogP contribution in [0.25, 0.3) is 0 Å². The van der Waals surface area contributed by atoms with Crippen molar-refractivity contribution in [3.05, 3.63) is 24.0 Å². The minimum Gasteiger partial charge on any atom is -0.367 e.